The Bertz CT molecular complexity index is 303. The van der Waals surface area contributed by atoms with Gasteiger partial charge >= 0.3 is 0 Å². The molecule has 0 atom stereocenters. The van der Waals surface area contributed by atoms with Crippen LogP contribution in [0.3, 0.4) is 0 Å². The van der Waals surface area contributed by atoms with Crippen molar-refractivity contribution in [3.63, 3.8) is 0 Å². The maximum absolute atomic E-state index is 4.21. The fourth-order valence-corrected chi connectivity index (χ4v) is 3.06. The van der Waals surface area contributed by atoms with Gasteiger partial charge in [-0.1, -0.05) is 0 Å². The van der Waals surface area contributed by atoms with Crippen LogP contribution >= 0.6 is 35.3 Å². The lowest BCUT2D eigenvalue weighted by Gasteiger charge is -1.79. The van der Waals surface area contributed by atoms with E-state index in [-0.39, 0.29) is 0 Å². The van der Waals surface area contributed by atoms with Crippen molar-refractivity contribution in [2.24, 2.45) is 0 Å². The third-order valence-electron chi connectivity index (χ3n) is 1.37. The van der Waals surface area contributed by atoms with Crippen LogP contribution in [0.2, 0.25) is 0 Å². The van der Waals surface area contributed by atoms with E-state index in [1.807, 2.05) is 11.3 Å². The van der Waals surface area contributed by atoms with Gasteiger partial charge in [0.05, 0.1) is 0 Å². The minimum Gasteiger partial charge on any atom is -0.174 e. The summed E-state index contributed by atoms with van der Waals surface area (Å²) >= 11 is 7.81. The molecular formula is C7H6S3. The average molecular weight is 186 g/mol. The van der Waals surface area contributed by atoms with Gasteiger partial charge in [-0.3, -0.25) is 0 Å². The smallest absolute Gasteiger partial charge is 0.0452 e. The highest BCUT2D eigenvalue weighted by atomic mass is 32.1. The van der Waals surface area contributed by atoms with Crippen molar-refractivity contribution in [1.29, 1.82) is 0 Å². The Morgan fingerprint density at radius 2 is 2.30 bits per heavy atom. The van der Waals surface area contributed by atoms with E-state index < -0.39 is 0 Å². The van der Waals surface area contributed by atoms with E-state index >= 15 is 0 Å². The Labute approximate surface area is 72.9 Å². The SMILES string of the molecule is SCc1cc2cscc2s1. The van der Waals surface area contributed by atoms with E-state index in [1.165, 1.54) is 15.0 Å². The van der Waals surface area contributed by atoms with E-state index in [2.05, 4.69) is 29.5 Å². The van der Waals surface area contributed by atoms with Crippen molar-refractivity contribution in [1.82, 2.24) is 0 Å². The first-order valence-corrected chi connectivity index (χ1v) is 5.35. The summed E-state index contributed by atoms with van der Waals surface area (Å²) in [5, 5.41) is 5.74. The van der Waals surface area contributed by atoms with Crippen LogP contribution in [0.1, 0.15) is 4.88 Å². The number of thiophene rings is 2. The fraction of sp³-hybridized carbons (Fsp3) is 0.143. The molecule has 0 saturated carbocycles. The predicted molar refractivity (Wildman–Crippen MR) is 52.4 cm³/mol. The summed E-state index contributed by atoms with van der Waals surface area (Å²) in [6.07, 6.45) is 0. The molecule has 0 aromatic carbocycles. The standard InChI is InChI=1S/C7H6S3/c8-2-6-1-5-3-9-4-7(5)10-6/h1,3-4,8H,2H2. The number of thiol groups is 1. The molecule has 0 aliphatic heterocycles. The minimum atomic E-state index is 0.865. The first-order chi connectivity index (χ1) is 4.90. The summed E-state index contributed by atoms with van der Waals surface area (Å²) in [5.74, 6) is 0.865. The molecule has 0 radical (unpaired) electrons. The molecule has 0 unspecified atom stereocenters. The molecule has 2 heterocycles. The van der Waals surface area contributed by atoms with E-state index in [0.717, 1.165) is 5.75 Å². The molecule has 0 N–H and O–H groups in total. The molecule has 52 valence electrons. The van der Waals surface area contributed by atoms with Gasteiger partial charge in [0.2, 0.25) is 0 Å². The highest BCUT2D eigenvalue weighted by Crippen LogP contribution is 2.29. The summed E-state index contributed by atoms with van der Waals surface area (Å²) < 4.78 is 1.40. The van der Waals surface area contributed by atoms with E-state index in [0.29, 0.717) is 0 Å². The topological polar surface area (TPSA) is 0 Å². The highest BCUT2D eigenvalue weighted by molar-refractivity contribution is 7.79. The lowest BCUT2D eigenvalue weighted by atomic mass is 10.4. The van der Waals surface area contributed by atoms with Crippen molar-refractivity contribution < 1.29 is 0 Å². The van der Waals surface area contributed by atoms with Gasteiger partial charge in [0.15, 0.2) is 0 Å². The third kappa shape index (κ3) is 0.983. The molecule has 0 fully saturated rings. The lowest BCUT2D eigenvalue weighted by Crippen LogP contribution is -1.60. The molecule has 0 aliphatic rings. The minimum absolute atomic E-state index is 0.865. The first-order valence-electron chi connectivity index (χ1n) is 2.95. The number of rotatable bonds is 1. The Morgan fingerprint density at radius 1 is 1.40 bits per heavy atom. The molecule has 0 saturated heterocycles. The molecule has 10 heavy (non-hydrogen) atoms. The normalized spacial score (nSPS) is 10.9. The van der Waals surface area contributed by atoms with Crippen LogP contribution in [-0.2, 0) is 5.75 Å². The second-order valence-corrected chi connectivity index (χ2v) is 4.29. The van der Waals surface area contributed by atoms with Crippen LogP contribution in [0.25, 0.3) is 10.1 Å². The van der Waals surface area contributed by atoms with E-state index in [9.17, 15) is 0 Å². The Balaban J connectivity index is 2.67. The van der Waals surface area contributed by atoms with Crippen LogP contribution in [0.5, 0.6) is 0 Å². The van der Waals surface area contributed by atoms with Crippen LogP contribution < -0.4 is 0 Å². The Hall–Kier alpha value is 0.01000. The second-order valence-electron chi connectivity index (χ2n) is 2.06. The zero-order chi connectivity index (χ0) is 6.97. The Morgan fingerprint density at radius 3 is 3.00 bits per heavy atom. The number of fused-ring (bicyclic) bond motifs is 1. The van der Waals surface area contributed by atoms with Gasteiger partial charge in [0, 0.05) is 26.1 Å². The molecule has 2 rings (SSSR count). The van der Waals surface area contributed by atoms with Crippen LogP contribution in [0, 0.1) is 0 Å². The van der Waals surface area contributed by atoms with Crippen molar-refractivity contribution in [2.75, 3.05) is 0 Å². The largest absolute Gasteiger partial charge is 0.174 e. The van der Waals surface area contributed by atoms with Gasteiger partial charge in [-0.25, -0.2) is 0 Å². The van der Waals surface area contributed by atoms with Gasteiger partial charge in [-0.05, 0) is 11.4 Å². The van der Waals surface area contributed by atoms with Crippen LogP contribution in [-0.4, -0.2) is 0 Å². The monoisotopic (exact) mass is 186 g/mol. The van der Waals surface area contributed by atoms with Crippen molar-refractivity contribution in [2.45, 2.75) is 5.75 Å². The van der Waals surface area contributed by atoms with Crippen molar-refractivity contribution in [3.05, 3.63) is 21.7 Å². The van der Waals surface area contributed by atoms with E-state index in [4.69, 9.17) is 0 Å². The molecule has 0 spiro atoms. The third-order valence-corrected chi connectivity index (χ3v) is 3.93. The van der Waals surface area contributed by atoms with Gasteiger partial charge in [0.1, 0.15) is 0 Å². The molecule has 2 aromatic rings. The summed E-state index contributed by atoms with van der Waals surface area (Å²) in [6, 6.07) is 2.21. The molecule has 0 amide bonds. The zero-order valence-electron chi connectivity index (χ0n) is 5.20. The molecule has 3 heteroatoms. The van der Waals surface area contributed by atoms with Gasteiger partial charge < -0.3 is 0 Å². The molecular weight excluding hydrogens is 180 g/mol. The summed E-state index contributed by atoms with van der Waals surface area (Å²) in [4.78, 5) is 1.36. The van der Waals surface area contributed by atoms with Crippen molar-refractivity contribution in [3.8, 4) is 0 Å². The summed E-state index contributed by atoms with van der Waals surface area (Å²) in [5.41, 5.74) is 0. The highest BCUT2D eigenvalue weighted by Gasteiger charge is 1.98. The average Bonchev–Trinajstić information content (AvgIpc) is 2.42. The predicted octanol–water partition coefficient (Wildman–Crippen LogP) is 3.39. The van der Waals surface area contributed by atoms with Crippen LogP contribution in [0.15, 0.2) is 16.8 Å². The number of hydrogen-bond donors (Lipinski definition) is 1. The van der Waals surface area contributed by atoms with Gasteiger partial charge in [-0.15, -0.1) is 11.3 Å². The second kappa shape index (κ2) is 2.57. The Kier molecular flexibility index (Phi) is 1.72. The van der Waals surface area contributed by atoms with Crippen LogP contribution in [0.4, 0.5) is 0 Å². The maximum atomic E-state index is 4.21. The van der Waals surface area contributed by atoms with Crippen molar-refractivity contribution >= 4 is 45.4 Å². The fourth-order valence-electron chi connectivity index (χ4n) is 0.905. The molecule has 0 aliphatic carbocycles. The quantitative estimate of drug-likeness (QED) is 0.648. The maximum Gasteiger partial charge on any atom is 0.0452 e. The number of hydrogen-bond acceptors (Lipinski definition) is 3. The lowest BCUT2D eigenvalue weighted by molar-refractivity contribution is 1.58. The summed E-state index contributed by atoms with van der Waals surface area (Å²) in [6.45, 7) is 0. The van der Waals surface area contributed by atoms with Gasteiger partial charge in [0.25, 0.3) is 0 Å². The summed E-state index contributed by atoms with van der Waals surface area (Å²) in [7, 11) is 0. The molecule has 0 nitrogen and oxygen atoms in total. The molecule has 2 aromatic heterocycles. The molecule has 0 bridgehead atoms. The van der Waals surface area contributed by atoms with E-state index in [1.54, 1.807) is 11.3 Å². The first kappa shape index (κ1) is 6.70. The van der Waals surface area contributed by atoms with Gasteiger partial charge in [-0.2, -0.15) is 24.0 Å². The zero-order valence-corrected chi connectivity index (χ0v) is 7.73.